The highest BCUT2D eigenvalue weighted by atomic mass is 16.6. The lowest BCUT2D eigenvalue weighted by atomic mass is 10.2. The minimum atomic E-state index is -0.925. The third kappa shape index (κ3) is 6.78. The third-order valence-electron chi connectivity index (χ3n) is 5.11. The van der Waals surface area contributed by atoms with Crippen molar-refractivity contribution in [1.29, 1.82) is 0 Å². The van der Waals surface area contributed by atoms with Gasteiger partial charge in [0, 0.05) is 23.5 Å². The second kappa shape index (κ2) is 11.6. The fraction of sp³-hybridized carbons (Fsp3) is 0.148. The van der Waals surface area contributed by atoms with Crippen molar-refractivity contribution in [2.45, 2.75) is 26.6 Å². The van der Waals surface area contributed by atoms with Crippen molar-refractivity contribution in [3.63, 3.8) is 0 Å². The molecule has 0 fully saturated rings. The van der Waals surface area contributed by atoms with Crippen molar-refractivity contribution < 1.29 is 23.9 Å². The minimum absolute atomic E-state index is 0.127. The maximum atomic E-state index is 10.9. The number of carboxylic acids is 1. The van der Waals surface area contributed by atoms with Crippen molar-refractivity contribution in [3.8, 4) is 17.2 Å². The molecular formula is C27H25N3O5. The van der Waals surface area contributed by atoms with Crippen LogP contribution in [0.1, 0.15) is 29.0 Å². The lowest BCUT2D eigenvalue weighted by Gasteiger charge is -2.12. The Morgan fingerprint density at radius 3 is 2.49 bits per heavy atom. The van der Waals surface area contributed by atoms with Crippen molar-refractivity contribution in [2.24, 2.45) is 0 Å². The predicted molar refractivity (Wildman–Crippen MR) is 130 cm³/mol. The number of aromatic nitrogens is 2. The van der Waals surface area contributed by atoms with E-state index in [0.29, 0.717) is 23.9 Å². The van der Waals surface area contributed by atoms with Crippen molar-refractivity contribution >= 4 is 11.7 Å². The lowest BCUT2D eigenvalue weighted by molar-refractivity contribution is -0.136. The van der Waals surface area contributed by atoms with Crippen LogP contribution in [0, 0.1) is 6.92 Å². The molecule has 0 radical (unpaired) electrons. The molecule has 8 nitrogen and oxygen atoms in total. The van der Waals surface area contributed by atoms with E-state index in [4.69, 9.17) is 19.1 Å². The Kier molecular flexibility index (Phi) is 7.88. The molecule has 0 aliphatic rings. The van der Waals surface area contributed by atoms with E-state index in [9.17, 15) is 4.79 Å². The number of ether oxygens (including phenoxy) is 1. The number of hydrogen-bond donors (Lipinski definition) is 2. The number of carboxylic acid groups (broad SMARTS) is 1. The molecule has 2 heterocycles. The quantitative estimate of drug-likeness (QED) is 0.289. The lowest BCUT2D eigenvalue weighted by Crippen LogP contribution is -2.13. The molecule has 0 saturated heterocycles. The number of carbonyl (C=O) groups is 1. The Morgan fingerprint density at radius 1 is 1.03 bits per heavy atom. The first-order chi connectivity index (χ1) is 17.1. The highest BCUT2D eigenvalue weighted by Gasteiger charge is 2.12. The maximum absolute atomic E-state index is 10.9. The number of rotatable bonds is 11. The Hall–Kier alpha value is -4.43. The molecule has 0 aliphatic carbocycles. The molecule has 8 heteroatoms. The van der Waals surface area contributed by atoms with Gasteiger partial charge in [0.25, 0.3) is 0 Å². The third-order valence-corrected chi connectivity index (χ3v) is 5.11. The van der Waals surface area contributed by atoms with Crippen LogP contribution in [0.2, 0.25) is 0 Å². The molecular weight excluding hydrogens is 446 g/mol. The van der Waals surface area contributed by atoms with E-state index in [1.54, 1.807) is 30.6 Å². The summed E-state index contributed by atoms with van der Waals surface area (Å²) in [5.74, 6) is 1.07. The average Bonchev–Trinajstić information content (AvgIpc) is 3.27. The normalized spacial score (nSPS) is 11.3. The summed E-state index contributed by atoms with van der Waals surface area (Å²) in [4.78, 5) is 25.1. The fourth-order valence-electron chi connectivity index (χ4n) is 3.24. The summed E-state index contributed by atoms with van der Waals surface area (Å²) in [6.07, 6.45) is 4.70. The molecule has 0 saturated carbocycles. The van der Waals surface area contributed by atoms with Gasteiger partial charge < -0.3 is 14.3 Å². The standard InChI is InChI=1S/C27H25N3O5/c1-19-25(29-27(35-19)22-5-3-2-4-6-22)18-33-23-9-7-20(8-10-23)17-34-30-24(11-12-26(31)32)21-13-15-28-16-14-21/h2-11,13-16,30H,12,17-18H2,1H3,(H,31,32). The van der Waals surface area contributed by atoms with E-state index in [1.165, 1.54) is 0 Å². The number of aliphatic carboxylic acids is 1. The van der Waals surface area contributed by atoms with E-state index < -0.39 is 5.97 Å². The van der Waals surface area contributed by atoms with Crippen LogP contribution in [0.4, 0.5) is 0 Å². The van der Waals surface area contributed by atoms with Gasteiger partial charge in [-0.1, -0.05) is 30.3 Å². The van der Waals surface area contributed by atoms with E-state index in [1.807, 2.05) is 61.5 Å². The van der Waals surface area contributed by atoms with Crippen LogP contribution in [-0.2, 0) is 22.8 Å². The number of hydroxylamine groups is 1. The van der Waals surface area contributed by atoms with Crippen LogP contribution in [0.15, 0.2) is 89.6 Å². The minimum Gasteiger partial charge on any atom is -0.487 e. The van der Waals surface area contributed by atoms with Gasteiger partial charge in [0.1, 0.15) is 23.8 Å². The number of hydrogen-bond acceptors (Lipinski definition) is 7. The maximum Gasteiger partial charge on any atom is 0.307 e. The second-order valence-corrected chi connectivity index (χ2v) is 7.66. The fourth-order valence-corrected chi connectivity index (χ4v) is 3.24. The first-order valence-electron chi connectivity index (χ1n) is 11.0. The van der Waals surface area contributed by atoms with Gasteiger partial charge in [-0.05, 0) is 55.0 Å². The van der Waals surface area contributed by atoms with Gasteiger partial charge in [0.2, 0.25) is 5.89 Å². The summed E-state index contributed by atoms with van der Waals surface area (Å²) in [5.41, 5.74) is 6.77. The van der Waals surface area contributed by atoms with Crippen molar-refractivity contribution in [3.05, 3.63) is 108 Å². The zero-order chi connectivity index (χ0) is 24.5. The largest absolute Gasteiger partial charge is 0.487 e. The monoisotopic (exact) mass is 471 g/mol. The van der Waals surface area contributed by atoms with Crippen molar-refractivity contribution in [1.82, 2.24) is 15.4 Å². The number of pyridine rings is 1. The highest BCUT2D eigenvalue weighted by molar-refractivity contribution is 5.73. The van der Waals surface area contributed by atoms with Crippen LogP contribution in [0.25, 0.3) is 17.2 Å². The SMILES string of the molecule is Cc1oc(-c2ccccc2)nc1COc1ccc(CONC(=CCC(=O)O)c2ccncc2)cc1. The van der Waals surface area contributed by atoms with Gasteiger partial charge in [-0.25, -0.2) is 4.98 Å². The van der Waals surface area contributed by atoms with Gasteiger partial charge in [0.15, 0.2) is 0 Å². The molecule has 35 heavy (non-hydrogen) atoms. The van der Waals surface area contributed by atoms with Gasteiger partial charge in [0.05, 0.1) is 18.7 Å². The number of nitrogens with zero attached hydrogens (tertiary/aromatic N) is 2. The van der Waals surface area contributed by atoms with Gasteiger partial charge in [-0.3, -0.25) is 20.1 Å². The molecule has 0 amide bonds. The summed E-state index contributed by atoms with van der Waals surface area (Å²) < 4.78 is 11.7. The topological polar surface area (TPSA) is 107 Å². The van der Waals surface area contributed by atoms with Gasteiger partial charge in [-0.15, -0.1) is 0 Å². The van der Waals surface area contributed by atoms with Crippen LogP contribution in [0.3, 0.4) is 0 Å². The van der Waals surface area contributed by atoms with E-state index >= 15 is 0 Å². The highest BCUT2D eigenvalue weighted by Crippen LogP contribution is 2.23. The number of benzene rings is 2. The number of aryl methyl sites for hydroxylation is 1. The van der Waals surface area contributed by atoms with Crippen LogP contribution in [0.5, 0.6) is 5.75 Å². The predicted octanol–water partition coefficient (Wildman–Crippen LogP) is 5.16. The Morgan fingerprint density at radius 2 is 1.77 bits per heavy atom. The van der Waals surface area contributed by atoms with E-state index in [2.05, 4.69) is 15.4 Å². The second-order valence-electron chi connectivity index (χ2n) is 7.66. The molecule has 0 atom stereocenters. The Labute approximate surface area is 202 Å². The molecule has 2 N–H and O–H groups in total. The van der Waals surface area contributed by atoms with Crippen LogP contribution >= 0.6 is 0 Å². The summed E-state index contributed by atoms with van der Waals surface area (Å²) >= 11 is 0. The molecule has 0 bridgehead atoms. The van der Waals surface area contributed by atoms with E-state index in [0.717, 1.165) is 28.1 Å². The van der Waals surface area contributed by atoms with Crippen molar-refractivity contribution in [2.75, 3.05) is 0 Å². The average molecular weight is 472 g/mol. The molecule has 4 aromatic rings. The van der Waals surface area contributed by atoms with Crippen LogP contribution < -0.4 is 10.2 Å². The summed E-state index contributed by atoms with van der Waals surface area (Å²) in [6, 6.07) is 20.8. The first kappa shape index (κ1) is 23.7. The molecule has 0 aliphatic heterocycles. The molecule has 0 unspecified atom stereocenters. The zero-order valence-corrected chi connectivity index (χ0v) is 19.2. The molecule has 4 rings (SSSR count). The Balaban J connectivity index is 1.30. The molecule has 178 valence electrons. The number of nitrogens with one attached hydrogen (secondary N) is 1. The molecule has 2 aromatic heterocycles. The van der Waals surface area contributed by atoms with Gasteiger partial charge in [-0.2, -0.15) is 0 Å². The summed E-state index contributed by atoms with van der Waals surface area (Å²) in [5, 5.41) is 8.98. The van der Waals surface area contributed by atoms with Crippen LogP contribution in [-0.4, -0.2) is 21.0 Å². The summed E-state index contributed by atoms with van der Waals surface area (Å²) in [6.45, 7) is 2.44. The smallest absolute Gasteiger partial charge is 0.307 e. The molecule has 2 aromatic carbocycles. The Bertz CT molecular complexity index is 1270. The zero-order valence-electron chi connectivity index (χ0n) is 19.2. The number of oxazole rings is 1. The van der Waals surface area contributed by atoms with Gasteiger partial charge >= 0.3 is 5.97 Å². The summed E-state index contributed by atoms with van der Waals surface area (Å²) in [7, 11) is 0. The molecule has 0 spiro atoms. The first-order valence-corrected chi connectivity index (χ1v) is 11.0. The van der Waals surface area contributed by atoms with E-state index in [-0.39, 0.29) is 13.0 Å².